The Labute approximate surface area is 198 Å². The van der Waals surface area contributed by atoms with E-state index in [1.165, 1.54) is 16.8 Å². The van der Waals surface area contributed by atoms with Crippen LogP contribution in [0.25, 0.3) is 11.0 Å². The van der Waals surface area contributed by atoms with Crippen LogP contribution in [0.4, 0.5) is 17.3 Å². The van der Waals surface area contributed by atoms with E-state index in [4.69, 9.17) is 4.98 Å². The molecule has 0 atom stereocenters. The lowest BCUT2D eigenvalue weighted by Gasteiger charge is -2.34. The Morgan fingerprint density at radius 2 is 1.59 bits per heavy atom. The van der Waals surface area contributed by atoms with Crippen LogP contribution in [0.1, 0.15) is 17.2 Å². The van der Waals surface area contributed by atoms with Crippen LogP contribution in [-0.2, 0) is 12.8 Å². The number of piperazine rings is 1. The number of hydrogen-bond acceptors (Lipinski definition) is 6. The summed E-state index contributed by atoms with van der Waals surface area (Å²) in [6, 6.07) is 20.3. The number of fused-ring (bicyclic) bond motifs is 2. The number of pyridine rings is 1. The van der Waals surface area contributed by atoms with Crippen molar-refractivity contribution in [3.8, 4) is 0 Å². The molecule has 7 heteroatoms. The predicted molar refractivity (Wildman–Crippen MR) is 136 cm³/mol. The Morgan fingerprint density at radius 3 is 2.29 bits per heavy atom. The number of nitrogens with zero attached hydrogens (tertiary/aromatic N) is 5. The van der Waals surface area contributed by atoms with Gasteiger partial charge in [0, 0.05) is 61.2 Å². The van der Waals surface area contributed by atoms with Crippen molar-refractivity contribution in [1.82, 2.24) is 19.4 Å². The summed E-state index contributed by atoms with van der Waals surface area (Å²) in [6.45, 7) is 4.25. The molecule has 2 aromatic carbocycles. The third-order valence-corrected chi connectivity index (χ3v) is 7.05. The predicted octanol–water partition coefficient (Wildman–Crippen LogP) is 3.63. The quantitative estimate of drug-likeness (QED) is 0.510. The van der Waals surface area contributed by atoms with Crippen LogP contribution in [0.2, 0.25) is 0 Å². The van der Waals surface area contributed by atoms with Crippen molar-refractivity contribution in [3.05, 3.63) is 88.3 Å². The molecule has 34 heavy (non-hydrogen) atoms. The van der Waals surface area contributed by atoms with Gasteiger partial charge < -0.3 is 15.1 Å². The third kappa shape index (κ3) is 3.92. The molecular formula is C27H28N6O. The van der Waals surface area contributed by atoms with Crippen molar-refractivity contribution in [2.45, 2.75) is 18.9 Å². The number of hydrogen-bond donors (Lipinski definition) is 1. The lowest BCUT2D eigenvalue weighted by Crippen LogP contribution is -2.44. The molecule has 0 bridgehead atoms. The summed E-state index contributed by atoms with van der Waals surface area (Å²) in [5, 5.41) is 4.19. The van der Waals surface area contributed by atoms with E-state index >= 15 is 0 Å². The second-order valence-electron chi connectivity index (χ2n) is 9.31. The molecular weight excluding hydrogens is 424 g/mol. The lowest BCUT2D eigenvalue weighted by atomic mass is 10.1. The fourth-order valence-corrected chi connectivity index (χ4v) is 5.12. The SMILES string of the molecule is CN1CCN(c2ccc(Nc3ncc4ccc(=O)n(C5Cc6ccccc6C5)c4n3)cc2)CC1. The smallest absolute Gasteiger partial charge is 0.252 e. The van der Waals surface area contributed by atoms with Gasteiger partial charge in [-0.1, -0.05) is 24.3 Å². The van der Waals surface area contributed by atoms with Gasteiger partial charge in [-0.25, -0.2) is 4.98 Å². The maximum absolute atomic E-state index is 12.9. The first-order chi connectivity index (χ1) is 16.6. The topological polar surface area (TPSA) is 66.3 Å². The van der Waals surface area contributed by atoms with E-state index in [9.17, 15) is 4.79 Å². The average molecular weight is 453 g/mol. The Hall–Kier alpha value is -3.71. The van der Waals surface area contributed by atoms with Gasteiger partial charge in [0.2, 0.25) is 5.95 Å². The van der Waals surface area contributed by atoms with Gasteiger partial charge >= 0.3 is 0 Å². The van der Waals surface area contributed by atoms with E-state index in [2.05, 4.69) is 75.7 Å². The van der Waals surface area contributed by atoms with Gasteiger partial charge in [0.25, 0.3) is 5.56 Å². The minimum atomic E-state index is -0.0218. The van der Waals surface area contributed by atoms with E-state index in [1.807, 2.05) is 10.6 Å². The molecule has 1 aliphatic heterocycles. The molecule has 1 fully saturated rings. The zero-order chi connectivity index (χ0) is 23.1. The summed E-state index contributed by atoms with van der Waals surface area (Å²) in [7, 11) is 2.17. The first-order valence-corrected chi connectivity index (χ1v) is 11.9. The van der Waals surface area contributed by atoms with Gasteiger partial charge in [-0.2, -0.15) is 4.98 Å². The molecule has 4 aromatic rings. The van der Waals surface area contributed by atoms with Crippen molar-refractivity contribution in [3.63, 3.8) is 0 Å². The number of benzene rings is 2. The fraction of sp³-hybridized carbons (Fsp3) is 0.296. The van der Waals surface area contributed by atoms with Crippen LogP contribution in [0, 0.1) is 0 Å². The van der Waals surface area contributed by atoms with E-state index < -0.39 is 0 Å². The zero-order valence-electron chi connectivity index (χ0n) is 19.3. The van der Waals surface area contributed by atoms with Crippen molar-refractivity contribution >= 4 is 28.4 Å². The number of likely N-dealkylation sites (N-methyl/N-ethyl adjacent to an activating group) is 1. The van der Waals surface area contributed by atoms with Gasteiger partial charge in [0.1, 0.15) is 5.65 Å². The van der Waals surface area contributed by atoms with Gasteiger partial charge in [0.15, 0.2) is 0 Å². The molecule has 0 radical (unpaired) electrons. The molecule has 3 heterocycles. The summed E-state index contributed by atoms with van der Waals surface area (Å²) in [4.78, 5) is 27.0. The molecule has 172 valence electrons. The maximum atomic E-state index is 12.9. The van der Waals surface area contributed by atoms with E-state index in [0.29, 0.717) is 11.6 Å². The highest BCUT2D eigenvalue weighted by molar-refractivity contribution is 5.76. The second-order valence-corrected chi connectivity index (χ2v) is 9.31. The van der Waals surface area contributed by atoms with Crippen LogP contribution in [0.15, 0.2) is 71.7 Å². The van der Waals surface area contributed by atoms with Crippen molar-refractivity contribution in [2.75, 3.05) is 43.4 Å². The summed E-state index contributed by atoms with van der Waals surface area (Å²) in [5.74, 6) is 0.495. The highest BCUT2D eigenvalue weighted by Gasteiger charge is 2.25. The molecule has 1 N–H and O–H groups in total. The van der Waals surface area contributed by atoms with Crippen LogP contribution < -0.4 is 15.8 Å². The number of anilines is 3. The Bertz CT molecular complexity index is 1360. The zero-order valence-corrected chi connectivity index (χ0v) is 19.3. The van der Waals surface area contributed by atoms with Crippen LogP contribution in [-0.4, -0.2) is 52.7 Å². The molecule has 0 saturated carbocycles. The van der Waals surface area contributed by atoms with Gasteiger partial charge in [-0.05, 0) is 61.3 Å². The summed E-state index contributed by atoms with van der Waals surface area (Å²) in [5.41, 5.74) is 5.43. The normalized spacial score (nSPS) is 16.7. The van der Waals surface area contributed by atoms with Gasteiger partial charge in [-0.3, -0.25) is 9.36 Å². The molecule has 6 rings (SSSR count). The van der Waals surface area contributed by atoms with E-state index in [-0.39, 0.29) is 11.6 Å². The minimum absolute atomic E-state index is 0.0218. The van der Waals surface area contributed by atoms with Crippen LogP contribution in [0.5, 0.6) is 0 Å². The Kier molecular flexibility index (Phi) is 5.26. The molecule has 1 aliphatic carbocycles. The third-order valence-electron chi connectivity index (χ3n) is 7.05. The second kappa shape index (κ2) is 8.57. The fourth-order valence-electron chi connectivity index (χ4n) is 5.12. The van der Waals surface area contributed by atoms with Crippen LogP contribution >= 0.6 is 0 Å². The number of nitrogens with one attached hydrogen (secondary N) is 1. The first kappa shape index (κ1) is 20.9. The summed E-state index contributed by atoms with van der Waals surface area (Å²) in [6.07, 6.45) is 3.48. The lowest BCUT2D eigenvalue weighted by molar-refractivity contribution is 0.313. The molecule has 7 nitrogen and oxygen atoms in total. The number of rotatable bonds is 4. The highest BCUT2D eigenvalue weighted by Crippen LogP contribution is 2.31. The minimum Gasteiger partial charge on any atom is -0.369 e. The Morgan fingerprint density at radius 1 is 0.882 bits per heavy atom. The van der Waals surface area contributed by atoms with Gasteiger partial charge in [0.05, 0.1) is 0 Å². The standard InChI is InChI=1S/C27H28N6O/c1-31-12-14-32(15-13-31)23-9-7-22(8-10-23)29-27-28-18-21-6-11-25(34)33(26(21)30-27)24-16-19-4-2-3-5-20(19)17-24/h2-11,18,24H,12-17H2,1H3,(H,28,29,30). The number of aromatic nitrogens is 3. The van der Waals surface area contributed by atoms with E-state index in [0.717, 1.165) is 50.1 Å². The summed E-state index contributed by atoms with van der Waals surface area (Å²) >= 11 is 0. The average Bonchev–Trinajstić information content (AvgIpc) is 3.28. The Balaban J connectivity index is 1.27. The largest absolute Gasteiger partial charge is 0.369 e. The molecule has 1 saturated heterocycles. The molecule has 0 spiro atoms. The molecule has 0 unspecified atom stereocenters. The first-order valence-electron chi connectivity index (χ1n) is 11.9. The van der Waals surface area contributed by atoms with Gasteiger partial charge in [-0.15, -0.1) is 0 Å². The summed E-state index contributed by atoms with van der Waals surface area (Å²) < 4.78 is 1.85. The highest BCUT2D eigenvalue weighted by atomic mass is 16.1. The van der Waals surface area contributed by atoms with Crippen molar-refractivity contribution in [1.29, 1.82) is 0 Å². The van der Waals surface area contributed by atoms with Crippen LogP contribution in [0.3, 0.4) is 0 Å². The van der Waals surface area contributed by atoms with Crippen molar-refractivity contribution < 1.29 is 0 Å². The molecule has 2 aromatic heterocycles. The monoisotopic (exact) mass is 452 g/mol. The molecule has 2 aliphatic rings. The molecule has 0 amide bonds. The van der Waals surface area contributed by atoms with Crippen molar-refractivity contribution in [2.24, 2.45) is 0 Å². The van der Waals surface area contributed by atoms with E-state index in [1.54, 1.807) is 12.3 Å². The maximum Gasteiger partial charge on any atom is 0.252 e.